The molecular weight excluding hydrogens is 271 g/mol. The molecule has 0 radical (unpaired) electrons. The van der Waals surface area contributed by atoms with E-state index < -0.39 is 17.2 Å². The molecule has 0 unspecified atom stereocenters. The highest BCUT2D eigenvalue weighted by Gasteiger charge is 2.38. The van der Waals surface area contributed by atoms with Gasteiger partial charge in [-0.25, -0.2) is 9.18 Å². The third-order valence-corrected chi connectivity index (χ3v) is 3.59. The lowest BCUT2D eigenvalue weighted by Gasteiger charge is -2.39. The van der Waals surface area contributed by atoms with Gasteiger partial charge >= 0.3 is 6.09 Å². The van der Waals surface area contributed by atoms with Gasteiger partial charge in [-0.2, -0.15) is 0 Å². The average Bonchev–Trinajstić information content (AvgIpc) is 2.37. The van der Waals surface area contributed by atoms with Crippen molar-refractivity contribution < 1.29 is 13.9 Å². The summed E-state index contributed by atoms with van der Waals surface area (Å²) in [6.07, 6.45) is 0.757. The third-order valence-electron chi connectivity index (χ3n) is 3.59. The largest absolute Gasteiger partial charge is 0.444 e. The minimum atomic E-state index is -0.709. The second-order valence-corrected chi connectivity index (χ2v) is 6.44. The number of amides is 1. The van der Waals surface area contributed by atoms with Gasteiger partial charge in [-0.3, -0.25) is 0 Å². The molecule has 116 valence electrons. The molecule has 1 saturated heterocycles. The van der Waals surface area contributed by atoms with E-state index in [2.05, 4.69) is 10.6 Å². The molecule has 0 saturated carbocycles. The van der Waals surface area contributed by atoms with Gasteiger partial charge in [0.2, 0.25) is 0 Å². The van der Waals surface area contributed by atoms with Crippen molar-refractivity contribution in [3.63, 3.8) is 0 Å². The highest BCUT2D eigenvalue weighted by Crippen LogP contribution is 2.32. The van der Waals surface area contributed by atoms with Crippen molar-refractivity contribution in [1.29, 1.82) is 0 Å². The van der Waals surface area contributed by atoms with Gasteiger partial charge in [0.15, 0.2) is 0 Å². The van der Waals surface area contributed by atoms with Crippen molar-refractivity contribution >= 4 is 6.09 Å². The molecule has 2 N–H and O–H groups in total. The first kappa shape index (κ1) is 15.8. The molecule has 4 nitrogen and oxygen atoms in total. The number of alkyl carbamates (subject to hydrolysis) is 1. The number of nitrogens with one attached hydrogen (secondary N) is 2. The summed E-state index contributed by atoms with van der Waals surface area (Å²) in [4.78, 5) is 12.1. The number of carbonyl (C=O) groups excluding carboxylic acids is 1. The molecule has 1 aromatic rings. The quantitative estimate of drug-likeness (QED) is 0.881. The van der Waals surface area contributed by atoms with Crippen LogP contribution in [0.5, 0.6) is 0 Å². The normalized spacial score (nSPS) is 18.1. The van der Waals surface area contributed by atoms with Crippen LogP contribution in [0.1, 0.15) is 39.2 Å². The fourth-order valence-electron chi connectivity index (χ4n) is 2.66. The predicted molar refractivity (Wildman–Crippen MR) is 79.6 cm³/mol. The van der Waals surface area contributed by atoms with Gasteiger partial charge in [0.25, 0.3) is 0 Å². The Kier molecular flexibility index (Phi) is 4.52. The highest BCUT2D eigenvalue weighted by atomic mass is 19.1. The van der Waals surface area contributed by atoms with E-state index in [1.165, 1.54) is 6.07 Å². The van der Waals surface area contributed by atoms with E-state index in [9.17, 15) is 9.18 Å². The number of hydrogen-bond acceptors (Lipinski definition) is 3. The van der Waals surface area contributed by atoms with Crippen LogP contribution in [0.4, 0.5) is 9.18 Å². The smallest absolute Gasteiger partial charge is 0.408 e. The Morgan fingerprint density at radius 3 is 2.48 bits per heavy atom. The second-order valence-electron chi connectivity index (χ2n) is 6.44. The van der Waals surface area contributed by atoms with E-state index in [0.717, 1.165) is 13.1 Å². The summed E-state index contributed by atoms with van der Waals surface area (Å²) in [7, 11) is 0. The Balaban J connectivity index is 2.26. The second kappa shape index (κ2) is 6.02. The van der Waals surface area contributed by atoms with Gasteiger partial charge in [0.05, 0.1) is 5.54 Å². The van der Waals surface area contributed by atoms with E-state index in [1.807, 2.05) is 20.8 Å². The minimum Gasteiger partial charge on any atom is -0.444 e. The molecule has 0 aliphatic carbocycles. The Hall–Kier alpha value is -1.62. The monoisotopic (exact) mass is 294 g/mol. The summed E-state index contributed by atoms with van der Waals surface area (Å²) in [5, 5.41) is 6.14. The van der Waals surface area contributed by atoms with Crippen LogP contribution < -0.4 is 10.6 Å². The van der Waals surface area contributed by atoms with Crippen LogP contribution in [-0.2, 0) is 10.3 Å². The number of hydrogen-bond donors (Lipinski definition) is 2. The molecule has 1 aliphatic heterocycles. The molecule has 1 amide bonds. The zero-order chi connectivity index (χ0) is 15.5. The summed E-state index contributed by atoms with van der Waals surface area (Å²) in [6, 6.07) is 6.61. The van der Waals surface area contributed by atoms with Crippen molar-refractivity contribution in [3.05, 3.63) is 35.6 Å². The fourth-order valence-corrected chi connectivity index (χ4v) is 2.66. The lowest BCUT2D eigenvalue weighted by molar-refractivity contribution is 0.0424. The molecule has 1 heterocycles. The zero-order valence-corrected chi connectivity index (χ0v) is 12.8. The average molecular weight is 294 g/mol. The van der Waals surface area contributed by atoms with Gasteiger partial charge in [-0.05, 0) is 52.8 Å². The van der Waals surface area contributed by atoms with Crippen LogP contribution in [0.15, 0.2) is 24.3 Å². The number of piperidine rings is 1. The van der Waals surface area contributed by atoms with E-state index in [-0.39, 0.29) is 5.82 Å². The Morgan fingerprint density at radius 2 is 1.90 bits per heavy atom. The molecule has 0 spiro atoms. The van der Waals surface area contributed by atoms with Gasteiger partial charge < -0.3 is 15.4 Å². The SMILES string of the molecule is CC(C)(C)OC(=O)NC1(c2ccccc2F)CCNCC1. The summed E-state index contributed by atoms with van der Waals surface area (Å²) in [6.45, 7) is 6.88. The van der Waals surface area contributed by atoms with Gasteiger partial charge in [0, 0.05) is 5.56 Å². The molecule has 5 heteroatoms. The first-order valence-corrected chi connectivity index (χ1v) is 7.29. The maximum absolute atomic E-state index is 14.2. The summed E-state index contributed by atoms with van der Waals surface area (Å²) in [5.74, 6) is -0.296. The summed E-state index contributed by atoms with van der Waals surface area (Å²) >= 11 is 0. The molecule has 21 heavy (non-hydrogen) atoms. The van der Waals surface area contributed by atoms with Crippen molar-refractivity contribution in [1.82, 2.24) is 10.6 Å². The molecule has 0 bridgehead atoms. The maximum atomic E-state index is 14.2. The molecule has 1 aliphatic rings. The topological polar surface area (TPSA) is 50.4 Å². The molecule has 0 aromatic heterocycles. The van der Waals surface area contributed by atoms with Crippen LogP contribution >= 0.6 is 0 Å². The number of benzene rings is 1. The van der Waals surface area contributed by atoms with E-state index in [4.69, 9.17) is 4.74 Å². The van der Waals surface area contributed by atoms with Crippen LogP contribution in [0.25, 0.3) is 0 Å². The number of carbonyl (C=O) groups is 1. The Morgan fingerprint density at radius 1 is 1.29 bits per heavy atom. The molecule has 2 rings (SSSR count). The van der Waals surface area contributed by atoms with Crippen molar-refractivity contribution in [2.45, 2.75) is 44.8 Å². The maximum Gasteiger partial charge on any atom is 0.408 e. The first-order valence-electron chi connectivity index (χ1n) is 7.29. The lowest BCUT2D eigenvalue weighted by Crippen LogP contribution is -2.53. The van der Waals surface area contributed by atoms with Gasteiger partial charge in [-0.15, -0.1) is 0 Å². The van der Waals surface area contributed by atoms with Crippen LogP contribution in [0.2, 0.25) is 0 Å². The highest BCUT2D eigenvalue weighted by molar-refractivity contribution is 5.69. The number of rotatable bonds is 2. The van der Waals surface area contributed by atoms with Crippen LogP contribution in [0, 0.1) is 5.82 Å². The zero-order valence-electron chi connectivity index (χ0n) is 12.8. The fraction of sp³-hybridized carbons (Fsp3) is 0.562. The minimum absolute atomic E-state index is 0.296. The van der Waals surface area contributed by atoms with E-state index in [0.29, 0.717) is 18.4 Å². The van der Waals surface area contributed by atoms with Crippen molar-refractivity contribution in [2.24, 2.45) is 0 Å². The van der Waals surface area contributed by atoms with Crippen molar-refractivity contribution in [3.8, 4) is 0 Å². The standard InChI is InChI=1S/C16H23FN2O2/c1-15(2,3)21-14(20)19-16(8-10-18-11-9-16)12-6-4-5-7-13(12)17/h4-7,18H,8-11H2,1-3H3,(H,19,20). The predicted octanol–water partition coefficient (Wildman–Crippen LogP) is 2.93. The summed E-state index contributed by atoms with van der Waals surface area (Å²) in [5.41, 5.74) is -0.760. The Labute approximate surface area is 125 Å². The molecular formula is C16H23FN2O2. The molecule has 1 aromatic carbocycles. The third kappa shape index (κ3) is 3.94. The Bertz CT molecular complexity index is 505. The summed E-state index contributed by atoms with van der Waals surface area (Å²) < 4.78 is 19.5. The lowest BCUT2D eigenvalue weighted by atomic mass is 9.81. The van der Waals surface area contributed by atoms with E-state index >= 15 is 0 Å². The van der Waals surface area contributed by atoms with E-state index in [1.54, 1.807) is 18.2 Å². The van der Waals surface area contributed by atoms with Gasteiger partial charge in [-0.1, -0.05) is 18.2 Å². The number of halogens is 1. The molecule has 1 fully saturated rings. The van der Waals surface area contributed by atoms with Crippen LogP contribution in [-0.4, -0.2) is 24.8 Å². The van der Waals surface area contributed by atoms with Crippen molar-refractivity contribution in [2.75, 3.05) is 13.1 Å². The van der Waals surface area contributed by atoms with Crippen LogP contribution in [0.3, 0.4) is 0 Å². The number of ether oxygens (including phenoxy) is 1. The molecule has 0 atom stereocenters. The first-order chi connectivity index (χ1) is 9.82. The van der Waals surface area contributed by atoms with Gasteiger partial charge in [0.1, 0.15) is 11.4 Å².